The molecule has 2 aliphatic heterocycles. The molecular weight excluding hydrogens is 684 g/mol. The zero-order valence-corrected chi connectivity index (χ0v) is 27.3. The van der Waals surface area contributed by atoms with Gasteiger partial charge < -0.3 is 19.1 Å². The number of benzene rings is 4. The van der Waals surface area contributed by atoms with Crippen molar-refractivity contribution < 1.29 is 19.1 Å². The molecule has 6 rings (SSSR count). The van der Waals surface area contributed by atoms with Gasteiger partial charge in [-0.25, -0.2) is 0 Å². The summed E-state index contributed by atoms with van der Waals surface area (Å²) < 4.78 is 13.6. The predicted molar refractivity (Wildman–Crippen MR) is 181 cm³/mol. The van der Waals surface area contributed by atoms with Crippen molar-refractivity contribution in [1.29, 1.82) is 0 Å². The third kappa shape index (κ3) is 7.90. The molecule has 0 bridgehead atoms. The molecule has 6 nitrogen and oxygen atoms in total. The van der Waals surface area contributed by atoms with E-state index >= 15 is 0 Å². The second-order valence-corrected chi connectivity index (χ2v) is 12.0. The number of terminal acetylenes is 2. The second kappa shape index (κ2) is 14.3. The minimum atomic E-state index is -0.0684. The lowest BCUT2D eigenvalue weighted by Crippen LogP contribution is -1.98. The van der Waals surface area contributed by atoms with Gasteiger partial charge in [0.1, 0.15) is 32.2 Å². The van der Waals surface area contributed by atoms with Crippen LogP contribution >= 0.6 is 31.9 Å². The van der Waals surface area contributed by atoms with Crippen molar-refractivity contribution in [2.75, 3.05) is 0 Å². The van der Waals surface area contributed by atoms with Crippen LogP contribution in [0, 0.1) is 38.5 Å². The van der Waals surface area contributed by atoms with E-state index in [1.807, 2.05) is 98.8 Å². The second-order valence-electron chi connectivity index (χ2n) is 10.1. The van der Waals surface area contributed by atoms with Gasteiger partial charge in [-0.15, -0.1) is 12.8 Å². The van der Waals surface area contributed by atoms with Gasteiger partial charge in [-0.05, 0) is 129 Å². The number of ether oxygens (including phenoxy) is 2. The number of rotatable bonds is 6. The third-order valence-corrected chi connectivity index (χ3v) is 7.87. The normalized spacial score (nSPS) is 16.6. The summed E-state index contributed by atoms with van der Waals surface area (Å²) in [4.78, 5) is 10.8. The summed E-state index contributed by atoms with van der Waals surface area (Å²) >= 11 is 6.71. The van der Waals surface area contributed by atoms with Gasteiger partial charge in [-0.2, -0.15) is 0 Å². The van der Waals surface area contributed by atoms with Crippen LogP contribution in [0.3, 0.4) is 0 Å². The van der Waals surface area contributed by atoms with Gasteiger partial charge in [0.15, 0.2) is 12.2 Å². The van der Waals surface area contributed by atoms with E-state index in [0.29, 0.717) is 0 Å². The van der Waals surface area contributed by atoms with E-state index in [1.54, 1.807) is 0 Å². The Hall–Kier alpha value is -4.50. The fourth-order valence-corrected chi connectivity index (χ4v) is 5.16. The molecular formula is C36H28Br2N2O4. The van der Waals surface area contributed by atoms with Crippen LogP contribution in [-0.2, 0) is 9.68 Å². The molecule has 0 radical (unpaired) electrons. The van der Waals surface area contributed by atoms with E-state index in [9.17, 15) is 0 Å². The molecule has 44 heavy (non-hydrogen) atoms. The minimum absolute atomic E-state index is 0.0684. The Morgan fingerprint density at radius 3 is 1.34 bits per heavy atom. The van der Waals surface area contributed by atoms with Gasteiger partial charge in [0.2, 0.25) is 0 Å². The first-order valence-electron chi connectivity index (χ1n) is 13.8. The summed E-state index contributed by atoms with van der Waals surface area (Å²) in [6.45, 7) is 4.02. The summed E-state index contributed by atoms with van der Waals surface area (Å²) in [6.07, 6.45) is 12.1. The van der Waals surface area contributed by atoms with Crippen molar-refractivity contribution in [3.63, 3.8) is 0 Å². The highest BCUT2D eigenvalue weighted by Crippen LogP contribution is 2.35. The van der Waals surface area contributed by atoms with E-state index in [1.165, 1.54) is 0 Å². The Bertz CT molecular complexity index is 1650. The summed E-state index contributed by atoms with van der Waals surface area (Å²) in [5.41, 5.74) is 5.86. The van der Waals surface area contributed by atoms with Crippen LogP contribution in [0.15, 0.2) is 95.2 Å². The number of hydrogen-bond acceptors (Lipinski definition) is 6. The largest absolute Gasteiger partial charge is 0.457 e. The SMILES string of the molecule is C#Cc1ccc(Oc2cc([C@@H]3CC(Br)=NO3)ccc2C)cc1.C#Cc1ccc(Oc2cc([C@H]3CC(Br)=NO3)ccc2C)cc1. The minimum Gasteiger partial charge on any atom is -0.457 e. The van der Waals surface area contributed by atoms with Crippen LogP contribution in [0.1, 0.15) is 58.4 Å². The molecule has 0 aromatic heterocycles. The fourth-order valence-electron chi connectivity index (χ4n) is 4.40. The predicted octanol–water partition coefficient (Wildman–Crippen LogP) is 9.88. The maximum atomic E-state index is 5.96. The number of hydrogen-bond donors (Lipinski definition) is 0. The Kier molecular flexibility index (Phi) is 10.1. The third-order valence-electron chi connectivity index (χ3n) is 6.93. The van der Waals surface area contributed by atoms with E-state index in [2.05, 4.69) is 54.0 Å². The first-order valence-corrected chi connectivity index (χ1v) is 15.4. The molecule has 2 atom stereocenters. The zero-order chi connectivity index (χ0) is 31.1. The first-order chi connectivity index (χ1) is 21.3. The number of aryl methyl sites for hydroxylation is 2. The van der Waals surface area contributed by atoms with E-state index in [-0.39, 0.29) is 12.2 Å². The van der Waals surface area contributed by atoms with E-state index < -0.39 is 0 Å². The highest BCUT2D eigenvalue weighted by molar-refractivity contribution is 9.18. The Labute approximate surface area is 274 Å². The van der Waals surface area contributed by atoms with Crippen LogP contribution in [0.5, 0.6) is 23.0 Å². The van der Waals surface area contributed by atoms with Gasteiger partial charge in [0, 0.05) is 24.0 Å². The smallest absolute Gasteiger partial charge is 0.158 e. The molecule has 8 heteroatoms. The standard InChI is InChI=1S/2C18H14BrNO2/c2*1-3-13-5-8-15(9-6-13)21-16-10-14(7-4-12(16)2)17-11-18(19)20-22-17/h2*1,4-10,17H,11H2,2H3/t2*17-/m10/s1. The number of oxime groups is 2. The zero-order valence-electron chi connectivity index (χ0n) is 24.1. The summed E-state index contributed by atoms with van der Waals surface area (Å²) in [6, 6.07) is 27.0. The average Bonchev–Trinajstić information content (AvgIpc) is 3.68. The highest BCUT2D eigenvalue weighted by atomic mass is 79.9. The Balaban J connectivity index is 0.000000175. The van der Waals surface area contributed by atoms with E-state index in [0.717, 1.165) is 78.5 Å². The molecule has 0 N–H and O–H groups in total. The lowest BCUT2D eigenvalue weighted by molar-refractivity contribution is 0.0855. The van der Waals surface area contributed by atoms with Crippen LogP contribution in [0.2, 0.25) is 0 Å². The monoisotopic (exact) mass is 710 g/mol. The van der Waals surface area contributed by atoms with Gasteiger partial charge in [-0.3, -0.25) is 0 Å². The van der Waals surface area contributed by atoms with Crippen molar-refractivity contribution in [1.82, 2.24) is 0 Å². The van der Waals surface area contributed by atoms with Crippen molar-refractivity contribution in [2.45, 2.75) is 38.9 Å². The average molecular weight is 712 g/mol. The molecule has 4 aromatic rings. The Morgan fingerprint density at radius 1 is 0.636 bits per heavy atom. The van der Waals surface area contributed by atoms with E-state index in [4.69, 9.17) is 32.0 Å². The number of nitrogens with zero attached hydrogens (tertiary/aromatic N) is 2. The van der Waals surface area contributed by atoms with Crippen molar-refractivity contribution >= 4 is 41.1 Å². The molecule has 4 aromatic carbocycles. The van der Waals surface area contributed by atoms with Crippen molar-refractivity contribution in [3.05, 3.63) is 118 Å². The topological polar surface area (TPSA) is 61.6 Å². The molecule has 0 unspecified atom stereocenters. The van der Waals surface area contributed by atoms with Gasteiger partial charge in [0.05, 0.1) is 0 Å². The maximum absolute atomic E-state index is 5.96. The lowest BCUT2D eigenvalue weighted by atomic mass is 10.0. The fraction of sp³-hybridized carbons (Fsp3) is 0.167. The summed E-state index contributed by atoms with van der Waals surface area (Å²) in [5, 5.41) is 7.85. The molecule has 0 saturated carbocycles. The highest BCUT2D eigenvalue weighted by Gasteiger charge is 2.23. The lowest BCUT2D eigenvalue weighted by Gasteiger charge is -2.13. The molecule has 0 amide bonds. The quantitative estimate of drug-likeness (QED) is 0.187. The molecule has 0 saturated heterocycles. The summed E-state index contributed by atoms with van der Waals surface area (Å²) in [7, 11) is 0. The molecule has 220 valence electrons. The van der Waals surface area contributed by atoms with Gasteiger partial charge in [-0.1, -0.05) is 46.4 Å². The van der Waals surface area contributed by atoms with Crippen LogP contribution < -0.4 is 9.47 Å². The van der Waals surface area contributed by atoms with Crippen LogP contribution in [0.4, 0.5) is 0 Å². The summed E-state index contributed by atoms with van der Waals surface area (Å²) in [5.74, 6) is 8.30. The molecule has 0 spiro atoms. The van der Waals surface area contributed by atoms with Crippen LogP contribution in [-0.4, -0.2) is 9.24 Å². The maximum Gasteiger partial charge on any atom is 0.158 e. The molecule has 0 fully saturated rings. The molecule has 0 aliphatic carbocycles. The Morgan fingerprint density at radius 2 is 1.02 bits per heavy atom. The molecule has 2 heterocycles. The first kappa shape index (κ1) is 30.9. The number of halogens is 2. The molecule has 2 aliphatic rings. The van der Waals surface area contributed by atoms with Crippen LogP contribution in [0.25, 0.3) is 0 Å². The van der Waals surface area contributed by atoms with Crippen molar-refractivity contribution in [2.24, 2.45) is 10.3 Å². The van der Waals surface area contributed by atoms with Gasteiger partial charge in [0.25, 0.3) is 0 Å². The van der Waals surface area contributed by atoms with Gasteiger partial charge >= 0.3 is 0 Å². The van der Waals surface area contributed by atoms with Crippen molar-refractivity contribution in [3.8, 4) is 47.7 Å².